The van der Waals surface area contributed by atoms with E-state index in [1.807, 2.05) is 56.3 Å². The van der Waals surface area contributed by atoms with Crippen LogP contribution in [0.15, 0.2) is 54.6 Å². The highest BCUT2D eigenvalue weighted by Gasteiger charge is 2.20. The van der Waals surface area contributed by atoms with E-state index in [0.29, 0.717) is 18.7 Å². The maximum Gasteiger partial charge on any atom is 0.251 e. The fourth-order valence-electron chi connectivity index (χ4n) is 2.25. The van der Waals surface area contributed by atoms with Gasteiger partial charge in [0.15, 0.2) is 0 Å². The molecule has 1 amide bonds. The molecule has 0 fully saturated rings. The molecule has 122 valence electrons. The van der Waals surface area contributed by atoms with E-state index in [1.165, 1.54) is 0 Å². The number of carbonyl (C=O) groups excluding carboxylic acids is 1. The highest BCUT2D eigenvalue weighted by molar-refractivity contribution is 5.94. The lowest BCUT2D eigenvalue weighted by atomic mass is 10.00. The van der Waals surface area contributed by atoms with Crippen molar-refractivity contribution in [2.45, 2.75) is 32.4 Å². The predicted molar refractivity (Wildman–Crippen MR) is 92.4 cm³/mol. The topological polar surface area (TPSA) is 64.3 Å². The second-order valence-electron chi connectivity index (χ2n) is 6.18. The van der Waals surface area contributed by atoms with Gasteiger partial charge in [-0.1, -0.05) is 30.3 Å². The first-order valence-corrected chi connectivity index (χ1v) is 7.79. The summed E-state index contributed by atoms with van der Waals surface area (Å²) in [5, 5.41) is 2.99. The molecule has 0 radical (unpaired) electrons. The standard InChI is InChI=1S/C19H24N2O2/c1-19(2,12-13-20)21-18(22)16-8-10-17(11-9-16)23-14-15-6-4-3-5-7-15/h3-11H,12-14,20H2,1-2H3,(H,21,22). The Morgan fingerprint density at radius 2 is 1.74 bits per heavy atom. The Kier molecular flexibility index (Phi) is 5.77. The van der Waals surface area contributed by atoms with Crippen LogP contribution in [0.4, 0.5) is 0 Å². The summed E-state index contributed by atoms with van der Waals surface area (Å²) in [4.78, 5) is 12.2. The number of amides is 1. The van der Waals surface area contributed by atoms with Crippen LogP contribution < -0.4 is 15.8 Å². The number of benzene rings is 2. The van der Waals surface area contributed by atoms with E-state index in [0.717, 1.165) is 17.7 Å². The van der Waals surface area contributed by atoms with Crippen molar-refractivity contribution in [1.82, 2.24) is 5.32 Å². The fraction of sp³-hybridized carbons (Fsp3) is 0.316. The molecule has 0 saturated carbocycles. The molecule has 0 bridgehead atoms. The molecular formula is C19H24N2O2. The monoisotopic (exact) mass is 312 g/mol. The van der Waals surface area contributed by atoms with E-state index >= 15 is 0 Å². The summed E-state index contributed by atoms with van der Waals surface area (Å²) in [6.45, 7) is 4.99. The molecule has 2 aromatic rings. The SMILES string of the molecule is CC(C)(CCN)NC(=O)c1ccc(OCc2ccccc2)cc1. The van der Waals surface area contributed by atoms with E-state index in [9.17, 15) is 4.79 Å². The molecule has 0 aromatic heterocycles. The van der Waals surface area contributed by atoms with Gasteiger partial charge in [0.1, 0.15) is 12.4 Å². The van der Waals surface area contributed by atoms with Crippen molar-refractivity contribution in [1.29, 1.82) is 0 Å². The van der Waals surface area contributed by atoms with Gasteiger partial charge >= 0.3 is 0 Å². The molecule has 2 rings (SSSR count). The number of hydrogen-bond donors (Lipinski definition) is 2. The van der Waals surface area contributed by atoms with E-state index in [-0.39, 0.29) is 11.4 Å². The van der Waals surface area contributed by atoms with Crippen molar-refractivity contribution in [3.8, 4) is 5.75 Å². The summed E-state index contributed by atoms with van der Waals surface area (Å²) in [6.07, 6.45) is 0.733. The van der Waals surface area contributed by atoms with Crippen LogP contribution in [0, 0.1) is 0 Å². The van der Waals surface area contributed by atoms with Gasteiger partial charge in [-0.3, -0.25) is 4.79 Å². The van der Waals surface area contributed by atoms with Gasteiger partial charge in [0, 0.05) is 11.1 Å². The Balaban J connectivity index is 1.92. The maximum absolute atomic E-state index is 12.2. The molecule has 0 aliphatic rings. The summed E-state index contributed by atoms with van der Waals surface area (Å²) in [5.41, 5.74) is 6.97. The van der Waals surface area contributed by atoms with Crippen molar-refractivity contribution in [3.63, 3.8) is 0 Å². The van der Waals surface area contributed by atoms with Crippen molar-refractivity contribution in [2.75, 3.05) is 6.54 Å². The molecule has 23 heavy (non-hydrogen) atoms. The third-order valence-electron chi connectivity index (χ3n) is 3.59. The zero-order valence-corrected chi connectivity index (χ0v) is 13.7. The van der Waals surface area contributed by atoms with Gasteiger partial charge in [-0.05, 0) is 56.6 Å². The summed E-state index contributed by atoms with van der Waals surface area (Å²) in [6, 6.07) is 17.1. The van der Waals surface area contributed by atoms with Crippen LogP contribution in [0.5, 0.6) is 5.75 Å². The molecule has 0 saturated heterocycles. The Morgan fingerprint density at radius 1 is 1.09 bits per heavy atom. The Bertz CT molecular complexity index is 622. The van der Waals surface area contributed by atoms with E-state index in [2.05, 4.69) is 5.32 Å². The fourth-order valence-corrected chi connectivity index (χ4v) is 2.25. The highest BCUT2D eigenvalue weighted by atomic mass is 16.5. The number of rotatable bonds is 7. The molecular weight excluding hydrogens is 288 g/mol. The minimum atomic E-state index is -0.311. The van der Waals surface area contributed by atoms with Crippen LogP contribution in [-0.2, 0) is 6.61 Å². The number of nitrogens with two attached hydrogens (primary N) is 1. The Hall–Kier alpha value is -2.33. The van der Waals surface area contributed by atoms with E-state index in [4.69, 9.17) is 10.5 Å². The second-order valence-corrected chi connectivity index (χ2v) is 6.18. The van der Waals surface area contributed by atoms with Crippen molar-refractivity contribution < 1.29 is 9.53 Å². The molecule has 0 aliphatic heterocycles. The zero-order valence-electron chi connectivity index (χ0n) is 13.7. The number of nitrogens with one attached hydrogen (secondary N) is 1. The third-order valence-corrected chi connectivity index (χ3v) is 3.59. The highest BCUT2D eigenvalue weighted by Crippen LogP contribution is 2.15. The third kappa shape index (κ3) is 5.42. The summed E-state index contributed by atoms with van der Waals surface area (Å²) < 4.78 is 5.72. The summed E-state index contributed by atoms with van der Waals surface area (Å²) in [5.74, 6) is 0.643. The molecule has 4 heteroatoms. The first kappa shape index (κ1) is 17.0. The van der Waals surface area contributed by atoms with Crippen molar-refractivity contribution in [3.05, 3.63) is 65.7 Å². The summed E-state index contributed by atoms with van der Waals surface area (Å²) >= 11 is 0. The Labute approximate surface area is 137 Å². The largest absolute Gasteiger partial charge is 0.489 e. The lowest BCUT2D eigenvalue weighted by Crippen LogP contribution is -2.44. The van der Waals surface area contributed by atoms with E-state index < -0.39 is 0 Å². The quantitative estimate of drug-likeness (QED) is 0.825. The number of carbonyl (C=O) groups is 1. The van der Waals surface area contributed by atoms with Crippen LogP contribution in [0.25, 0.3) is 0 Å². The summed E-state index contributed by atoms with van der Waals surface area (Å²) in [7, 11) is 0. The minimum Gasteiger partial charge on any atom is -0.489 e. The average molecular weight is 312 g/mol. The lowest BCUT2D eigenvalue weighted by Gasteiger charge is -2.25. The average Bonchev–Trinajstić information content (AvgIpc) is 2.54. The number of ether oxygens (including phenoxy) is 1. The van der Waals surface area contributed by atoms with Gasteiger partial charge in [0.2, 0.25) is 0 Å². The molecule has 4 nitrogen and oxygen atoms in total. The molecule has 0 atom stereocenters. The molecule has 0 heterocycles. The van der Waals surface area contributed by atoms with E-state index in [1.54, 1.807) is 12.1 Å². The molecule has 2 aromatic carbocycles. The number of hydrogen-bond acceptors (Lipinski definition) is 3. The normalized spacial score (nSPS) is 11.1. The van der Waals surface area contributed by atoms with Gasteiger partial charge in [0.25, 0.3) is 5.91 Å². The van der Waals surface area contributed by atoms with Gasteiger partial charge < -0.3 is 15.8 Å². The van der Waals surface area contributed by atoms with Gasteiger partial charge in [0.05, 0.1) is 0 Å². The predicted octanol–water partition coefficient (Wildman–Crippen LogP) is 3.12. The Morgan fingerprint density at radius 3 is 2.35 bits per heavy atom. The molecule has 0 spiro atoms. The van der Waals surface area contributed by atoms with Crippen LogP contribution in [0.1, 0.15) is 36.2 Å². The maximum atomic E-state index is 12.2. The van der Waals surface area contributed by atoms with Crippen molar-refractivity contribution in [2.24, 2.45) is 5.73 Å². The van der Waals surface area contributed by atoms with Gasteiger partial charge in [-0.15, -0.1) is 0 Å². The minimum absolute atomic E-state index is 0.0990. The van der Waals surface area contributed by atoms with Gasteiger partial charge in [-0.2, -0.15) is 0 Å². The van der Waals surface area contributed by atoms with Crippen LogP contribution in [-0.4, -0.2) is 18.0 Å². The second kappa shape index (κ2) is 7.79. The van der Waals surface area contributed by atoms with Gasteiger partial charge in [-0.25, -0.2) is 0 Å². The molecule has 0 unspecified atom stereocenters. The zero-order chi connectivity index (χ0) is 16.7. The first-order chi connectivity index (χ1) is 11.0. The van der Waals surface area contributed by atoms with Crippen LogP contribution in [0.2, 0.25) is 0 Å². The van der Waals surface area contributed by atoms with Crippen LogP contribution in [0.3, 0.4) is 0 Å². The molecule has 3 N–H and O–H groups in total. The smallest absolute Gasteiger partial charge is 0.251 e. The van der Waals surface area contributed by atoms with Crippen LogP contribution >= 0.6 is 0 Å². The van der Waals surface area contributed by atoms with Crippen molar-refractivity contribution >= 4 is 5.91 Å². The molecule has 0 aliphatic carbocycles. The lowest BCUT2D eigenvalue weighted by molar-refractivity contribution is 0.0910. The first-order valence-electron chi connectivity index (χ1n) is 7.79.